The van der Waals surface area contributed by atoms with Crippen molar-refractivity contribution in [1.29, 1.82) is 0 Å². The second-order valence-electron chi connectivity index (χ2n) is 5.07. The Labute approximate surface area is 142 Å². The number of carbonyl (C=O) groups is 1. The molecule has 0 bridgehead atoms. The molecule has 2 aromatic rings. The van der Waals surface area contributed by atoms with E-state index in [-0.39, 0.29) is 32.8 Å². The van der Waals surface area contributed by atoms with E-state index in [1.54, 1.807) is 14.1 Å². The van der Waals surface area contributed by atoms with Gasteiger partial charge in [0.2, 0.25) is 10.0 Å². The van der Waals surface area contributed by atoms with E-state index in [1.807, 2.05) is 0 Å². The third kappa shape index (κ3) is 2.96. The first kappa shape index (κ1) is 17.8. The number of hydrogen-bond acceptors (Lipinski definition) is 7. The lowest BCUT2D eigenvalue weighted by molar-refractivity contribution is 0.100. The first-order valence-corrected chi connectivity index (χ1v) is 8.29. The van der Waals surface area contributed by atoms with Gasteiger partial charge in [0.15, 0.2) is 5.82 Å². The number of amides is 1. The van der Waals surface area contributed by atoms with Gasteiger partial charge in [0.05, 0.1) is 9.92 Å². The number of anilines is 2. The van der Waals surface area contributed by atoms with Crippen LogP contribution in [0.1, 0.15) is 10.4 Å². The number of carbonyl (C=O) groups excluding carboxylic acids is 1. The van der Waals surface area contributed by atoms with Crippen molar-refractivity contribution in [2.24, 2.45) is 10.9 Å². The molecule has 0 unspecified atom stereocenters. The summed E-state index contributed by atoms with van der Waals surface area (Å²) < 4.78 is 23.8. The van der Waals surface area contributed by atoms with Crippen LogP contribution >= 0.6 is 11.6 Å². The largest absolute Gasteiger partial charge is 0.506 e. The molecule has 1 aromatic carbocycles. The number of rotatable bonds is 4. The highest BCUT2D eigenvalue weighted by atomic mass is 35.5. The van der Waals surface area contributed by atoms with Crippen LogP contribution in [0.4, 0.5) is 11.6 Å². The van der Waals surface area contributed by atoms with Gasteiger partial charge in [-0.25, -0.2) is 18.2 Å². The lowest BCUT2D eigenvalue weighted by atomic mass is 10.2. The minimum Gasteiger partial charge on any atom is -0.506 e. The highest BCUT2D eigenvalue weighted by Gasteiger charge is 2.26. The van der Waals surface area contributed by atoms with Crippen molar-refractivity contribution >= 4 is 39.2 Å². The summed E-state index contributed by atoms with van der Waals surface area (Å²) in [5, 5.41) is 19.1. The maximum atomic E-state index is 11.6. The van der Waals surface area contributed by atoms with Gasteiger partial charge in [-0.3, -0.25) is 4.79 Å². The number of benzene rings is 1. The average Bonchev–Trinajstić information content (AvgIpc) is 2.75. The Kier molecular flexibility index (Phi) is 4.35. The molecule has 12 heteroatoms. The van der Waals surface area contributed by atoms with Crippen LogP contribution in [0.25, 0.3) is 5.69 Å². The zero-order chi connectivity index (χ0) is 18.4. The Balaban J connectivity index is 2.79. The molecule has 1 aromatic heterocycles. The second-order valence-corrected chi connectivity index (χ2v) is 7.04. The predicted octanol–water partition coefficient (Wildman–Crippen LogP) is -0.374. The number of phenolic OH excluding ortho intramolecular Hbond substituents is 1. The summed E-state index contributed by atoms with van der Waals surface area (Å²) in [5.74, 6) is -1.36. The standard InChI is InChI=1S/C12H15ClN6O4S/c1-18(2)12-8(11(15)21)10(14)19(17-12)9-6(13)3-5(4-7(9)20)24(16,22)23/h3-4,20H,14H2,1-2H3,(H2,15,21)(H2,16,22,23). The summed E-state index contributed by atoms with van der Waals surface area (Å²) in [6, 6.07) is 1.93. The highest BCUT2D eigenvalue weighted by molar-refractivity contribution is 7.89. The maximum absolute atomic E-state index is 11.6. The quantitative estimate of drug-likeness (QED) is 0.565. The third-order valence-electron chi connectivity index (χ3n) is 3.13. The van der Waals surface area contributed by atoms with Gasteiger partial charge in [0.25, 0.3) is 5.91 Å². The molecule has 0 aliphatic rings. The van der Waals surface area contributed by atoms with Crippen LogP contribution < -0.4 is 21.5 Å². The van der Waals surface area contributed by atoms with Crippen LogP contribution in [-0.2, 0) is 10.0 Å². The van der Waals surface area contributed by atoms with Gasteiger partial charge < -0.3 is 21.5 Å². The minimum absolute atomic E-state index is 0.0639. The lowest BCUT2D eigenvalue weighted by Gasteiger charge is -2.11. The summed E-state index contributed by atoms with van der Waals surface area (Å²) >= 11 is 6.04. The molecule has 0 fully saturated rings. The van der Waals surface area contributed by atoms with Crippen molar-refractivity contribution in [1.82, 2.24) is 9.78 Å². The summed E-state index contributed by atoms with van der Waals surface area (Å²) in [5.41, 5.74) is 11.0. The molecule has 0 radical (unpaired) electrons. The number of sulfonamides is 1. The van der Waals surface area contributed by atoms with Crippen molar-refractivity contribution in [2.45, 2.75) is 4.90 Å². The number of primary sulfonamides is 1. The molecule has 0 saturated heterocycles. The summed E-state index contributed by atoms with van der Waals surface area (Å²) in [6.45, 7) is 0. The molecule has 0 atom stereocenters. The number of nitrogens with zero attached hydrogens (tertiary/aromatic N) is 3. The van der Waals surface area contributed by atoms with Gasteiger partial charge in [0.1, 0.15) is 22.8 Å². The van der Waals surface area contributed by atoms with Crippen molar-refractivity contribution in [3.8, 4) is 11.4 Å². The minimum atomic E-state index is -4.07. The Morgan fingerprint density at radius 2 is 1.96 bits per heavy atom. The molecular weight excluding hydrogens is 360 g/mol. The van der Waals surface area contributed by atoms with E-state index in [2.05, 4.69) is 5.10 Å². The zero-order valence-corrected chi connectivity index (χ0v) is 14.3. The number of phenols is 1. The van der Waals surface area contributed by atoms with E-state index < -0.39 is 21.7 Å². The molecule has 24 heavy (non-hydrogen) atoms. The van der Waals surface area contributed by atoms with E-state index in [9.17, 15) is 18.3 Å². The number of nitrogen functional groups attached to an aromatic ring is 1. The number of aromatic nitrogens is 2. The molecule has 1 heterocycles. The molecule has 2 rings (SSSR count). The number of halogens is 1. The lowest BCUT2D eigenvalue weighted by Crippen LogP contribution is -2.18. The van der Waals surface area contributed by atoms with Crippen molar-refractivity contribution in [2.75, 3.05) is 24.7 Å². The van der Waals surface area contributed by atoms with Gasteiger partial charge in [0, 0.05) is 20.2 Å². The van der Waals surface area contributed by atoms with Gasteiger partial charge >= 0.3 is 0 Å². The van der Waals surface area contributed by atoms with E-state index in [0.29, 0.717) is 0 Å². The van der Waals surface area contributed by atoms with E-state index in [4.69, 9.17) is 28.2 Å². The number of hydrogen-bond donors (Lipinski definition) is 4. The van der Waals surface area contributed by atoms with Crippen LogP contribution in [0.15, 0.2) is 17.0 Å². The van der Waals surface area contributed by atoms with E-state index in [0.717, 1.165) is 16.8 Å². The fourth-order valence-corrected chi connectivity index (χ4v) is 2.99. The molecule has 10 nitrogen and oxygen atoms in total. The van der Waals surface area contributed by atoms with Crippen LogP contribution in [0.3, 0.4) is 0 Å². The molecule has 0 spiro atoms. The molecule has 7 N–H and O–H groups in total. The summed E-state index contributed by atoms with van der Waals surface area (Å²) in [6.07, 6.45) is 0. The average molecular weight is 375 g/mol. The van der Waals surface area contributed by atoms with Crippen molar-refractivity contribution in [3.63, 3.8) is 0 Å². The summed E-state index contributed by atoms with van der Waals surface area (Å²) in [4.78, 5) is 12.7. The number of nitrogens with two attached hydrogens (primary N) is 3. The normalized spacial score (nSPS) is 11.5. The fourth-order valence-electron chi connectivity index (χ4n) is 2.07. The molecule has 0 aliphatic heterocycles. The van der Waals surface area contributed by atoms with Crippen LogP contribution in [0.5, 0.6) is 5.75 Å². The van der Waals surface area contributed by atoms with Crippen LogP contribution in [-0.4, -0.2) is 43.3 Å². The Bertz CT molecular complexity index is 914. The first-order valence-electron chi connectivity index (χ1n) is 6.36. The predicted molar refractivity (Wildman–Crippen MR) is 88.9 cm³/mol. The van der Waals surface area contributed by atoms with Gasteiger partial charge in [-0.1, -0.05) is 11.6 Å². The SMILES string of the molecule is CN(C)c1nn(-c2c(O)cc(S(N)(=O)=O)cc2Cl)c(N)c1C(N)=O. The monoisotopic (exact) mass is 374 g/mol. The fraction of sp³-hybridized carbons (Fsp3) is 0.167. The Morgan fingerprint density at radius 1 is 1.38 bits per heavy atom. The molecule has 0 aliphatic carbocycles. The Morgan fingerprint density at radius 3 is 2.33 bits per heavy atom. The molecular formula is C12H15ClN6O4S. The van der Waals surface area contributed by atoms with Gasteiger partial charge in [-0.05, 0) is 6.07 Å². The van der Waals surface area contributed by atoms with Gasteiger partial charge in [-0.15, -0.1) is 5.10 Å². The van der Waals surface area contributed by atoms with E-state index in [1.165, 1.54) is 4.90 Å². The number of primary amides is 1. The van der Waals surface area contributed by atoms with Crippen molar-refractivity contribution in [3.05, 3.63) is 22.7 Å². The smallest absolute Gasteiger partial charge is 0.256 e. The molecule has 130 valence electrons. The molecule has 0 saturated carbocycles. The first-order chi connectivity index (χ1) is 10.9. The van der Waals surface area contributed by atoms with Crippen molar-refractivity contribution < 1.29 is 18.3 Å². The zero-order valence-electron chi connectivity index (χ0n) is 12.7. The van der Waals surface area contributed by atoms with Crippen LogP contribution in [0.2, 0.25) is 5.02 Å². The third-order valence-corrected chi connectivity index (χ3v) is 4.31. The number of aromatic hydroxyl groups is 1. The molecule has 1 amide bonds. The van der Waals surface area contributed by atoms with E-state index >= 15 is 0 Å². The van der Waals surface area contributed by atoms with Crippen LogP contribution in [0, 0.1) is 0 Å². The summed E-state index contributed by atoms with van der Waals surface area (Å²) in [7, 11) is -0.844. The Hall–Kier alpha value is -2.50. The topological polar surface area (TPSA) is 171 Å². The maximum Gasteiger partial charge on any atom is 0.256 e. The van der Waals surface area contributed by atoms with Gasteiger partial charge in [-0.2, -0.15) is 0 Å². The second kappa shape index (κ2) is 5.85. The highest BCUT2D eigenvalue weighted by Crippen LogP contribution is 2.36.